The quantitative estimate of drug-likeness (QED) is 0.332. The Hall–Kier alpha value is -1.26. The number of methoxy groups -OCH3 is 1. The van der Waals surface area contributed by atoms with Crippen molar-refractivity contribution in [2.24, 2.45) is 5.11 Å². The summed E-state index contributed by atoms with van der Waals surface area (Å²) in [5, 5.41) is 4.10. The Morgan fingerprint density at radius 3 is 3.00 bits per heavy atom. The molecule has 1 aromatic rings. The van der Waals surface area contributed by atoms with Crippen molar-refractivity contribution in [2.75, 3.05) is 20.4 Å². The van der Waals surface area contributed by atoms with Gasteiger partial charge < -0.3 is 9.47 Å². The summed E-state index contributed by atoms with van der Waals surface area (Å²) in [4.78, 5) is 2.70. The van der Waals surface area contributed by atoms with Crippen LogP contribution in [0.25, 0.3) is 10.4 Å². The van der Waals surface area contributed by atoms with Crippen molar-refractivity contribution >= 4 is 11.6 Å². The molecule has 5 nitrogen and oxygen atoms in total. The first kappa shape index (κ1) is 12.8. The van der Waals surface area contributed by atoms with E-state index in [1.165, 1.54) is 7.11 Å². The van der Waals surface area contributed by atoms with E-state index in [2.05, 4.69) is 10.0 Å². The lowest BCUT2D eigenvalue weighted by atomic mass is 10.1. The van der Waals surface area contributed by atoms with Crippen LogP contribution in [0.4, 0.5) is 0 Å². The van der Waals surface area contributed by atoms with Crippen LogP contribution in [0.2, 0.25) is 5.02 Å². The summed E-state index contributed by atoms with van der Waals surface area (Å²) in [6.45, 7) is 0.346. The average molecular weight is 242 g/mol. The minimum Gasteiger partial charge on any atom is -0.359 e. The number of azide groups is 1. The molecule has 0 spiro atoms. The molecule has 0 N–H and O–H groups in total. The van der Waals surface area contributed by atoms with Crippen LogP contribution in [0, 0.1) is 0 Å². The highest BCUT2D eigenvalue weighted by atomic mass is 35.5. The van der Waals surface area contributed by atoms with Crippen molar-refractivity contribution in [3.8, 4) is 0 Å². The van der Waals surface area contributed by atoms with Crippen molar-refractivity contribution in [1.82, 2.24) is 0 Å². The molecule has 6 heteroatoms. The highest BCUT2D eigenvalue weighted by Gasteiger charge is 2.11. The molecule has 0 aliphatic carbocycles. The van der Waals surface area contributed by atoms with Crippen molar-refractivity contribution in [2.45, 2.75) is 6.10 Å². The second-order valence-electron chi connectivity index (χ2n) is 3.03. The van der Waals surface area contributed by atoms with Gasteiger partial charge in [-0.25, -0.2) is 0 Å². The van der Waals surface area contributed by atoms with Crippen LogP contribution in [0.5, 0.6) is 0 Å². The van der Waals surface area contributed by atoms with Crippen LogP contribution in [-0.2, 0) is 9.47 Å². The first-order valence-electron chi connectivity index (χ1n) is 4.64. The minimum absolute atomic E-state index is 0.137. The summed E-state index contributed by atoms with van der Waals surface area (Å²) in [5.41, 5.74) is 9.15. The molecule has 0 saturated heterocycles. The standard InChI is InChI=1S/C10H12ClN3O2/c1-15-7-16-10(6-13-14-12)8-3-2-4-9(11)5-8/h2-5,10H,6-7H2,1H3. The molecule has 1 unspecified atom stereocenters. The predicted molar refractivity (Wildman–Crippen MR) is 61.2 cm³/mol. The topological polar surface area (TPSA) is 67.2 Å². The zero-order chi connectivity index (χ0) is 11.8. The van der Waals surface area contributed by atoms with Gasteiger partial charge in [0.1, 0.15) is 6.79 Å². The summed E-state index contributed by atoms with van der Waals surface area (Å²) < 4.78 is 10.2. The molecule has 0 aliphatic heterocycles. The van der Waals surface area contributed by atoms with E-state index in [1.54, 1.807) is 12.1 Å². The molecule has 16 heavy (non-hydrogen) atoms. The van der Waals surface area contributed by atoms with E-state index < -0.39 is 0 Å². The van der Waals surface area contributed by atoms with Gasteiger partial charge >= 0.3 is 0 Å². The van der Waals surface area contributed by atoms with E-state index >= 15 is 0 Å². The molecule has 0 aromatic heterocycles. The Bertz CT molecular complexity index is 380. The van der Waals surface area contributed by atoms with Crippen molar-refractivity contribution in [3.05, 3.63) is 45.3 Å². The molecular weight excluding hydrogens is 230 g/mol. The largest absolute Gasteiger partial charge is 0.359 e. The lowest BCUT2D eigenvalue weighted by Crippen LogP contribution is -2.09. The number of rotatable bonds is 6. The van der Waals surface area contributed by atoms with E-state index in [4.69, 9.17) is 26.6 Å². The van der Waals surface area contributed by atoms with Crippen LogP contribution in [0.15, 0.2) is 29.4 Å². The molecule has 0 radical (unpaired) electrons. The molecule has 1 aromatic carbocycles. The zero-order valence-corrected chi connectivity index (χ0v) is 9.59. The first-order chi connectivity index (χ1) is 7.77. The van der Waals surface area contributed by atoms with Gasteiger partial charge in [0.05, 0.1) is 12.6 Å². The molecule has 1 rings (SSSR count). The maximum atomic E-state index is 8.29. The normalized spacial score (nSPS) is 11.9. The Balaban J connectivity index is 2.77. The summed E-state index contributed by atoms with van der Waals surface area (Å²) in [7, 11) is 1.53. The van der Waals surface area contributed by atoms with Gasteiger partial charge in [0.25, 0.3) is 0 Å². The predicted octanol–water partition coefficient (Wildman–Crippen LogP) is 3.31. The molecule has 0 aliphatic rings. The summed E-state index contributed by atoms with van der Waals surface area (Å²) in [5.74, 6) is 0. The van der Waals surface area contributed by atoms with E-state index in [0.717, 1.165) is 5.56 Å². The van der Waals surface area contributed by atoms with E-state index in [9.17, 15) is 0 Å². The first-order valence-corrected chi connectivity index (χ1v) is 5.02. The minimum atomic E-state index is -0.338. The van der Waals surface area contributed by atoms with Gasteiger partial charge in [0, 0.05) is 17.0 Å². The van der Waals surface area contributed by atoms with Gasteiger partial charge in [-0.15, -0.1) is 0 Å². The van der Waals surface area contributed by atoms with Gasteiger partial charge in [-0.1, -0.05) is 28.8 Å². The maximum Gasteiger partial charge on any atom is 0.147 e. The van der Waals surface area contributed by atoms with E-state index in [0.29, 0.717) is 5.02 Å². The Morgan fingerprint density at radius 2 is 2.38 bits per heavy atom. The molecule has 0 fully saturated rings. The van der Waals surface area contributed by atoms with Crippen LogP contribution in [0.1, 0.15) is 11.7 Å². The number of ether oxygens (including phenoxy) is 2. The van der Waals surface area contributed by atoms with Gasteiger partial charge in [-0.2, -0.15) is 0 Å². The second kappa shape index (κ2) is 7.09. The fraction of sp³-hybridized carbons (Fsp3) is 0.400. The second-order valence-corrected chi connectivity index (χ2v) is 3.47. The van der Waals surface area contributed by atoms with Crippen LogP contribution < -0.4 is 0 Å². The highest BCUT2D eigenvalue weighted by molar-refractivity contribution is 6.30. The lowest BCUT2D eigenvalue weighted by Gasteiger charge is -2.15. The molecule has 0 heterocycles. The SMILES string of the molecule is COCOC(CN=[N+]=[N-])c1cccc(Cl)c1. The Morgan fingerprint density at radius 1 is 1.56 bits per heavy atom. The molecule has 0 saturated carbocycles. The molecule has 1 atom stereocenters. The number of hydrogen-bond acceptors (Lipinski definition) is 3. The van der Waals surface area contributed by atoms with Crippen LogP contribution in [0.3, 0.4) is 0 Å². The maximum absolute atomic E-state index is 8.29. The van der Waals surface area contributed by atoms with Crippen LogP contribution in [-0.4, -0.2) is 20.4 Å². The number of benzene rings is 1. The van der Waals surface area contributed by atoms with Crippen LogP contribution >= 0.6 is 11.6 Å². The number of nitrogens with zero attached hydrogens (tertiary/aromatic N) is 3. The summed E-state index contributed by atoms with van der Waals surface area (Å²) in [6, 6.07) is 7.22. The van der Waals surface area contributed by atoms with Gasteiger partial charge in [-0.3, -0.25) is 0 Å². The lowest BCUT2D eigenvalue weighted by molar-refractivity contribution is -0.0697. The van der Waals surface area contributed by atoms with Crippen molar-refractivity contribution in [1.29, 1.82) is 0 Å². The Labute approximate surface area is 98.6 Å². The highest BCUT2D eigenvalue weighted by Crippen LogP contribution is 2.21. The van der Waals surface area contributed by atoms with E-state index in [1.807, 2.05) is 12.1 Å². The van der Waals surface area contributed by atoms with Crippen molar-refractivity contribution in [3.63, 3.8) is 0 Å². The fourth-order valence-electron chi connectivity index (χ4n) is 1.22. The summed E-state index contributed by atoms with van der Waals surface area (Å²) in [6.07, 6.45) is -0.338. The van der Waals surface area contributed by atoms with Gasteiger partial charge in [0.15, 0.2) is 0 Å². The third kappa shape index (κ3) is 4.08. The van der Waals surface area contributed by atoms with Gasteiger partial charge in [0.2, 0.25) is 0 Å². The van der Waals surface area contributed by atoms with Gasteiger partial charge in [-0.05, 0) is 23.2 Å². The molecule has 0 bridgehead atoms. The fourth-order valence-corrected chi connectivity index (χ4v) is 1.42. The zero-order valence-electron chi connectivity index (χ0n) is 8.84. The monoisotopic (exact) mass is 241 g/mol. The number of hydrogen-bond donors (Lipinski definition) is 0. The molecule has 0 amide bonds. The smallest absolute Gasteiger partial charge is 0.147 e. The molecular formula is C10H12ClN3O2. The third-order valence-corrected chi connectivity index (χ3v) is 2.15. The average Bonchev–Trinajstić information content (AvgIpc) is 2.29. The third-order valence-electron chi connectivity index (χ3n) is 1.92. The summed E-state index contributed by atoms with van der Waals surface area (Å²) >= 11 is 5.87. The van der Waals surface area contributed by atoms with Crippen molar-refractivity contribution < 1.29 is 9.47 Å². The molecule has 86 valence electrons. The Kier molecular flexibility index (Phi) is 5.67. The van der Waals surface area contributed by atoms with E-state index in [-0.39, 0.29) is 19.4 Å². The number of halogens is 1.